The van der Waals surface area contributed by atoms with Crippen LogP contribution >= 0.6 is 0 Å². The van der Waals surface area contributed by atoms with E-state index in [1.54, 1.807) is 11.0 Å². The summed E-state index contributed by atoms with van der Waals surface area (Å²) < 4.78 is 1.79. The van der Waals surface area contributed by atoms with Crippen LogP contribution in [0.15, 0.2) is 61.2 Å². The minimum Gasteiger partial charge on any atom is -0.351 e. The number of nitrogens with zero attached hydrogens (tertiary/aromatic N) is 3. The number of fused-ring (bicyclic) bond motifs is 1. The molecule has 132 valence electrons. The molecule has 1 unspecified atom stereocenters. The Labute approximate surface area is 153 Å². The van der Waals surface area contributed by atoms with Gasteiger partial charge in [-0.1, -0.05) is 48.5 Å². The second kappa shape index (κ2) is 7.52. The molecule has 1 aliphatic rings. The highest BCUT2D eigenvalue weighted by molar-refractivity contribution is 5.84. The van der Waals surface area contributed by atoms with Crippen molar-refractivity contribution in [2.45, 2.75) is 38.3 Å². The van der Waals surface area contributed by atoms with E-state index in [9.17, 15) is 4.79 Å². The molecule has 3 aromatic rings. The molecule has 4 rings (SSSR count). The summed E-state index contributed by atoms with van der Waals surface area (Å²) in [6.45, 7) is 1.26. The zero-order valence-corrected chi connectivity index (χ0v) is 14.6. The molecule has 1 aromatic heterocycles. The van der Waals surface area contributed by atoms with Crippen molar-refractivity contribution in [1.82, 2.24) is 20.1 Å². The van der Waals surface area contributed by atoms with E-state index in [1.807, 2.05) is 6.07 Å². The molecule has 1 heterocycles. The number of hydrogen-bond donors (Lipinski definition) is 1. The Morgan fingerprint density at radius 3 is 2.73 bits per heavy atom. The Balaban J connectivity index is 1.36. The van der Waals surface area contributed by atoms with Gasteiger partial charge < -0.3 is 5.32 Å². The third-order valence-electron chi connectivity index (χ3n) is 4.99. The molecule has 26 heavy (non-hydrogen) atoms. The van der Waals surface area contributed by atoms with Gasteiger partial charge in [0.05, 0.1) is 12.5 Å². The first-order valence-electron chi connectivity index (χ1n) is 9.05. The summed E-state index contributed by atoms with van der Waals surface area (Å²) in [6.07, 6.45) is 6.32. The SMILES string of the molecule is O=C(NCc1ccc(Cn2cncn2)cc1)C1CCCc2ccccc21. The maximum atomic E-state index is 12.7. The number of aryl methyl sites for hydroxylation is 1. The predicted octanol–water partition coefficient (Wildman–Crippen LogP) is 3.06. The van der Waals surface area contributed by atoms with Crippen LogP contribution in [0.1, 0.15) is 41.0 Å². The van der Waals surface area contributed by atoms with Gasteiger partial charge >= 0.3 is 0 Å². The van der Waals surface area contributed by atoms with Gasteiger partial charge in [0.1, 0.15) is 12.7 Å². The summed E-state index contributed by atoms with van der Waals surface area (Å²) in [5.74, 6) is 0.107. The summed E-state index contributed by atoms with van der Waals surface area (Å²) in [5.41, 5.74) is 4.77. The van der Waals surface area contributed by atoms with Crippen molar-refractivity contribution in [3.63, 3.8) is 0 Å². The van der Waals surface area contributed by atoms with Crippen LogP contribution in [0.25, 0.3) is 0 Å². The molecule has 5 heteroatoms. The molecule has 0 saturated heterocycles. The standard InChI is InChI=1S/C21H22N4O/c26-21(20-7-3-5-18-4-1-2-6-19(18)20)23-12-16-8-10-17(11-9-16)13-25-15-22-14-24-25/h1-2,4,6,8-11,14-15,20H,3,5,7,12-13H2,(H,23,26). The molecule has 0 bridgehead atoms. The third-order valence-corrected chi connectivity index (χ3v) is 4.99. The number of nitrogens with one attached hydrogen (secondary N) is 1. The molecule has 1 aliphatic carbocycles. The van der Waals surface area contributed by atoms with E-state index >= 15 is 0 Å². The number of aromatic nitrogens is 3. The molecule has 0 spiro atoms. The van der Waals surface area contributed by atoms with Gasteiger partial charge in [-0.2, -0.15) is 5.10 Å². The Bertz CT molecular complexity index is 871. The van der Waals surface area contributed by atoms with Crippen LogP contribution in [-0.4, -0.2) is 20.7 Å². The molecule has 1 amide bonds. The minimum atomic E-state index is -0.0217. The lowest BCUT2D eigenvalue weighted by molar-refractivity contribution is -0.123. The molecule has 0 radical (unpaired) electrons. The van der Waals surface area contributed by atoms with Crippen molar-refractivity contribution in [3.05, 3.63) is 83.4 Å². The van der Waals surface area contributed by atoms with E-state index in [4.69, 9.17) is 0 Å². The number of carbonyl (C=O) groups is 1. The van der Waals surface area contributed by atoms with Crippen molar-refractivity contribution in [1.29, 1.82) is 0 Å². The van der Waals surface area contributed by atoms with Gasteiger partial charge in [0, 0.05) is 6.54 Å². The molecule has 0 saturated carbocycles. The maximum Gasteiger partial charge on any atom is 0.227 e. The molecular weight excluding hydrogens is 324 g/mol. The van der Waals surface area contributed by atoms with Crippen LogP contribution in [0.5, 0.6) is 0 Å². The number of carbonyl (C=O) groups excluding carboxylic acids is 1. The van der Waals surface area contributed by atoms with Crippen molar-refractivity contribution in [2.24, 2.45) is 0 Å². The maximum absolute atomic E-state index is 12.7. The van der Waals surface area contributed by atoms with Crippen LogP contribution in [0.4, 0.5) is 0 Å². The van der Waals surface area contributed by atoms with Crippen molar-refractivity contribution < 1.29 is 4.79 Å². The molecule has 2 aromatic carbocycles. The number of amides is 1. The van der Waals surface area contributed by atoms with Crippen LogP contribution in [0.2, 0.25) is 0 Å². The topological polar surface area (TPSA) is 59.8 Å². The quantitative estimate of drug-likeness (QED) is 0.772. The van der Waals surface area contributed by atoms with Gasteiger partial charge in [0.15, 0.2) is 0 Å². The van der Waals surface area contributed by atoms with Gasteiger partial charge in [-0.3, -0.25) is 4.79 Å². The smallest absolute Gasteiger partial charge is 0.227 e. The Morgan fingerprint density at radius 1 is 1.12 bits per heavy atom. The van der Waals surface area contributed by atoms with E-state index in [2.05, 4.69) is 57.9 Å². The van der Waals surface area contributed by atoms with Gasteiger partial charge in [-0.05, 0) is 41.5 Å². The monoisotopic (exact) mass is 346 g/mol. The van der Waals surface area contributed by atoms with E-state index in [0.29, 0.717) is 13.1 Å². The second-order valence-electron chi connectivity index (χ2n) is 6.77. The van der Waals surface area contributed by atoms with Gasteiger partial charge in [-0.25, -0.2) is 9.67 Å². The number of hydrogen-bond acceptors (Lipinski definition) is 3. The Hall–Kier alpha value is -2.95. The van der Waals surface area contributed by atoms with Gasteiger partial charge in [0.2, 0.25) is 5.91 Å². The van der Waals surface area contributed by atoms with E-state index in [0.717, 1.165) is 30.4 Å². The fraction of sp³-hybridized carbons (Fsp3) is 0.286. The molecular formula is C21H22N4O. The first kappa shape index (κ1) is 16.5. The van der Waals surface area contributed by atoms with E-state index < -0.39 is 0 Å². The van der Waals surface area contributed by atoms with Crippen LogP contribution < -0.4 is 5.32 Å². The highest BCUT2D eigenvalue weighted by atomic mass is 16.1. The zero-order chi connectivity index (χ0) is 17.8. The number of benzene rings is 2. The van der Waals surface area contributed by atoms with Crippen molar-refractivity contribution in [3.8, 4) is 0 Å². The zero-order valence-electron chi connectivity index (χ0n) is 14.6. The molecule has 0 fully saturated rings. The van der Waals surface area contributed by atoms with Crippen molar-refractivity contribution >= 4 is 5.91 Å². The van der Waals surface area contributed by atoms with Crippen LogP contribution in [0, 0.1) is 0 Å². The predicted molar refractivity (Wildman–Crippen MR) is 99.5 cm³/mol. The summed E-state index contributed by atoms with van der Waals surface area (Å²) >= 11 is 0. The molecule has 1 N–H and O–H groups in total. The van der Waals surface area contributed by atoms with Crippen molar-refractivity contribution in [2.75, 3.05) is 0 Å². The van der Waals surface area contributed by atoms with E-state index in [1.165, 1.54) is 17.5 Å². The lowest BCUT2D eigenvalue weighted by atomic mass is 9.82. The highest BCUT2D eigenvalue weighted by Crippen LogP contribution is 2.31. The first-order valence-corrected chi connectivity index (χ1v) is 9.05. The average Bonchev–Trinajstić information content (AvgIpc) is 3.20. The third kappa shape index (κ3) is 3.67. The summed E-state index contributed by atoms with van der Waals surface area (Å²) in [4.78, 5) is 16.6. The first-order chi connectivity index (χ1) is 12.8. The van der Waals surface area contributed by atoms with E-state index in [-0.39, 0.29) is 11.8 Å². The summed E-state index contributed by atoms with van der Waals surface area (Å²) in [7, 11) is 0. The van der Waals surface area contributed by atoms with Crippen LogP contribution in [0.3, 0.4) is 0 Å². The molecule has 5 nitrogen and oxygen atoms in total. The Kier molecular flexibility index (Phi) is 4.78. The summed E-state index contributed by atoms with van der Waals surface area (Å²) in [6, 6.07) is 16.6. The largest absolute Gasteiger partial charge is 0.351 e. The normalized spacial score (nSPS) is 16.1. The second-order valence-corrected chi connectivity index (χ2v) is 6.77. The molecule has 0 aliphatic heterocycles. The van der Waals surface area contributed by atoms with Crippen LogP contribution in [-0.2, 0) is 24.3 Å². The van der Waals surface area contributed by atoms with Gasteiger partial charge in [0.25, 0.3) is 0 Å². The fourth-order valence-electron chi connectivity index (χ4n) is 3.60. The molecule has 1 atom stereocenters. The lowest BCUT2D eigenvalue weighted by Gasteiger charge is -2.24. The number of rotatable bonds is 5. The summed E-state index contributed by atoms with van der Waals surface area (Å²) in [5, 5.41) is 7.22. The average molecular weight is 346 g/mol. The Morgan fingerprint density at radius 2 is 1.92 bits per heavy atom. The lowest BCUT2D eigenvalue weighted by Crippen LogP contribution is -2.31. The minimum absolute atomic E-state index is 0.0217. The highest BCUT2D eigenvalue weighted by Gasteiger charge is 2.25. The fourth-order valence-corrected chi connectivity index (χ4v) is 3.60. The van der Waals surface area contributed by atoms with Gasteiger partial charge in [-0.15, -0.1) is 0 Å².